The number of nitrogens with zero attached hydrogens (tertiary/aromatic N) is 3. The molecule has 1 atom stereocenters. The number of likely N-dealkylation sites (N-methyl/N-ethyl adjacent to an activating group) is 1. The maximum absolute atomic E-state index is 5.99. The minimum absolute atomic E-state index is 0.437. The van der Waals surface area contributed by atoms with E-state index in [1.54, 1.807) is 11.3 Å². The molecule has 1 saturated carbocycles. The highest BCUT2D eigenvalue weighted by Crippen LogP contribution is 2.41. The Balaban J connectivity index is 1.27. The molecule has 0 aromatic carbocycles. The van der Waals surface area contributed by atoms with Crippen LogP contribution in [0.5, 0.6) is 0 Å². The summed E-state index contributed by atoms with van der Waals surface area (Å²) in [6, 6.07) is 0.638. The second kappa shape index (κ2) is 7.02. The van der Waals surface area contributed by atoms with E-state index < -0.39 is 0 Å². The Labute approximate surface area is 150 Å². The van der Waals surface area contributed by atoms with Gasteiger partial charge in [0.05, 0.1) is 17.8 Å². The monoisotopic (exact) mass is 349 g/mol. The smallest absolute Gasteiger partial charge is 0.0798 e. The summed E-state index contributed by atoms with van der Waals surface area (Å²) in [7, 11) is 2.35. The number of piperidine rings is 1. The SMILES string of the molecule is Cc1ncsc1CN1CCC2(CC[C@@H](COCC3CC3)N2C)CC1. The van der Waals surface area contributed by atoms with E-state index in [4.69, 9.17) is 4.74 Å². The lowest BCUT2D eigenvalue weighted by molar-refractivity contribution is 0.0163. The van der Waals surface area contributed by atoms with E-state index in [0.29, 0.717) is 11.6 Å². The van der Waals surface area contributed by atoms with E-state index in [1.165, 1.54) is 62.2 Å². The van der Waals surface area contributed by atoms with Crippen LogP contribution in [-0.4, -0.2) is 59.7 Å². The maximum atomic E-state index is 5.99. The van der Waals surface area contributed by atoms with E-state index in [-0.39, 0.29) is 0 Å². The van der Waals surface area contributed by atoms with Gasteiger partial charge in [0.15, 0.2) is 0 Å². The molecular weight excluding hydrogens is 318 g/mol. The second-order valence-corrected chi connectivity index (χ2v) is 9.08. The summed E-state index contributed by atoms with van der Waals surface area (Å²) in [6.07, 6.45) is 8.06. The van der Waals surface area contributed by atoms with Crippen molar-refractivity contribution in [2.45, 2.75) is 63.6 Å². The summed E-state index contributed by atoms with van der Waals surface area (Å²) in [5, 5.41) is 0. The predicted molar refractivity (Wildman–Crippen MR) is 98.4 cm³/mol. The van der Waals surface area contributed by atoms with Crippen LogP contribution in [0, 0.1) is 12.8 Å². The molecule has 0 amide bonds. The van der Waals surface area contributed by atoms with E-state index >= 15 is 0 Å². The van der Waals surface area contributed by atoms with Gasteiger partial charge >= 0.3 is 0 Å². The molecule has 4 nitrogen and oxygen atoms in total. The topological polar surface area (TPSA) is 28.6 Å². The third-order valence-corrected chi connectivity index (χ3v) is 7.52. The largest absolute Gasteiger partial charge is 0.380 e. The number of aryl methyl sites for hydroxylation is 1. The lowest BCUT2D eigenvalue weighted by Gasteiger charge is -2.45. The van der Waals surface area contributed by atoms with Gasteiger partial charge in [-0.1, -0.05) is 0 Å². The van der Waals surface area contributed by atoms with Crippen LogP contribution >= 0.6 is 11.3 Å². The van der Waals surface area contributed by atoms with Crippen LogP contribution in [0.3, 0.4) is 0 Å². The summed E-state index contributed by atoms with van der Waals surface area (Å²) in [6.45, 7) is 7.60. The van der Waals surface area contributed by atoms with Crippen molar-refractivity contribution in [3.63, 3.8) is 0 Å². The summed E-state index contributed by atoms with van der Waals surface area (Å²) < 4.78 is 5.99. The number of likely N-dealkylation sites (tertiary alicyclic amines) is 2. The van der Waals surface area contributed by atoms with Gasteiger partial charge in [-0.15, -0.1) is 11.3 Å². The molecule has 0 N–H and O–H groups in total. The molecule has 2 aliphatic heterocycles. The van der Waals surface area contributed by atoms with Gasteiger partial charge in [0.25, 0.3) is 0 Å². The summed E-state index contributed by atoms with van der Waals surface area (Å²) in [4.78, 5) is 11.1. The molecular formula is C19H31N3OS. The average molecular weight is 350 g/mol. The molecule has 1 aromatic rings. The summed E-state index contributed by atoms with van der Waals surface area (Å²) in [5.41, 5.74) is 3.63. The minimum atomic E-state index is 0.437. The van der Waals surface area contributed by atoms with E-state index in [2.05, 4.69) is 28.8 Å². The fraction of sp³-hybridized carbons (Fsp3) is 0.842. The lowest BCUT2D eigenvalue weighted by atomic mass is 9.85. The van der Waals surface area contributed by atoms with Crippen molar-refractivity contribution in [2.24, 2.45) is 5.92 Å². The summed E-state index contributed by atoms with van der Waals surface area (Å²) >= 11 is 1.80. The van der Waals surface area contributed by atoms with E-state index in [0.717, 1.165) is 25.7 Å². The van der Waals surface area contributed by atoms with Crippen molar-refractivity contribution in [2.75, 3.05) is 33.4 Å². The van der Waals surface area contributed by atoms with Crippen molar-refractivity contribution in [1.29, 1.82) is 0 Å². The molecule has 4 rings (SSSR count). The molecule has 1 spiro atoms. The fourth-order valence-corrected chi connectivity index (χ4v) is 5.27. The van der Waals surface area contributed by atoms with Gasteiger partial charge in [-0.25, -0.2) is 4.98 Å². The summed E-state index contributed by atoms with van der Waals surface area (Å²) in [5.74, 6) is 0.879. The predicted octanol–water partition coefficient (Wildman–Crippen LogP) is 3.31. The van der Waals surface area contributed by atoms with Gasteiger partial charge in [0.2, 0.25) is 0 Å². The quantitative estimate of drug-likeness (QED) is 0.788. The van der Waals surface area contributed by atoms with Crippen LogP contribution < -0.4 is 0 Å². The Kier molecular flexibility index (Phi) is 4.96. The normalized spacial score (nSPS) is 28.0. The van der Waals surface area contributed by atoms with Crippen LogP contribution in [0.2, 0.25) is 0 Å². The Morgan fingerprint density at radius 2 is 2.00 bits per heavy atom. The number of aromatic nitrogens is 1. The second-order valence-electron chi connectivity index (χ2n) is 8.15. The third-order valence-electron chi connectivity index (χ3n) is 6.60. The first-order chi connectivity index (χ1) is 11.7. The van der Waals surface area contributed by atoms with Crippen molar-refractivity contribution in [3.8, 4) is 0 Å². The van der Waals surface area contributed by atoms with Crippen LogP contribution in [0.25, 0.3) is 0 Å². The highest BCUT2D eigenvalue weighted by molar-refractivity contribution is 7.09. The zero-order valence-corrected chi connectivity index (χ0v) is 16.0. The molecule has 1 aromatic heterocycles. The molecule has 3 aliphatic rings. The van der Waals surface area contributed by atoms with E-state index in [1.807, 2.05) is 5.51 Å². The molecule has 0 bridgehead atoms. The molecule has 0 radical (unpaired) electrons. The zero-order chi connectivity index (χ0) is 16.6. The minimum Gasteiger partial charge on any atom is -0.380 e. The molecule has 3 fully saturated rings. The highest BCUT2D eigenvalue weighted by atomic mass is 32.1. The fourth-order valence-electron chi connectivity index (χ4n) is 4.45. The number of hydrogen-bond acceptors (Lipinski definition) is 5. The molecule has 134 valence electrons. The number of rotatable bonds is 6. The zero-order valence-electron chi connectivity index (χ0n) is 15.2. The molecule has 0 unspecified atom stereocenters. The molecule has 5 heteroatoms. The maximum Gasteiger partial charge on any atom is 0.0798 e. The highest BCUT2D eigenvalue weighted by Gasteiger charge is 2.45. The number of hydrogen-bond donors (Lipinski definition) is 0. The van der Waals surface area contributed by atoms with Crippen molar-refractivity contribution in [3.05, 3.63) is 16.1 Å². The molecule has 3 heterocycles. The first-order valence-corrected chi connectivity index (χ1v) is 10.5. The van der Waals surface area contributed by atoms with Crippen molar-refractivity contribution >= 4 is 11.3 Å². The van der Waals surface area contributed by atoms with Crippen LogP contribution in [0.15, 0.2) is 5.51 Å². The van der Waals surface area contributed by atoms with Crippen molar-refractivity contribution in [1.82, 2.24) is 14.8 Å². The third kappa shape index (κ3) is 3.55. The van der Waals surface area contributed by atoms with Crippen molar-refractivity contribution < 1.29 is 4.74 Å². The van der Waals surface area contributed by atoms with Gasteiger partial charge < -0.3 is 4.74 Å². The number of thiazole rings is 1. The molecule has 1 aliphatic carbocycles. The van der Waals surface area contributed by atoms with Crippen LogP contribution in [-0.2, 0) is 11.3 Å². The first kappa shape index (κ1) is 17.0. The standard InChI is InChI=1S/C19H31N3OS/c1-15-18(24-14-20-15)11-22-9-7-19(8-10-22)6-5-17(21(19)2)13-23-12-16-3-4-16/h14,16-17H,3-13H2,1-2H3/t17-/m0/s1. The van der Waals surface area contributed by atoms with Crippen LogP contribution in [0.4, 0.5) is 0 Å². The molecule has 24 heavy (non-hydrogen) atoms. The van der Waals surface area contributed by atoms with Gasteiger partial charge in [-0.05, 0) is 58.4 Å². The Morgan fingerprint density at radius 1 is 1.21 bits per heavy atom. The van der Waals surface area contributed by atoms with Gasteiger partial charge in [0, 0.05) is 42.7 Å². The lowest BCUT2D eigenvalue weighted by Crippen LogP contribution is -2.52. The van der Waals surface area contributed by atoms with Gasteiger partial charge in [-0.2, -0.15) is 0 Å². The Bertz CT molecular complexity index is 549. The Morgan fingerprint density at radius 3 is 2.67 bits per heavy atom. The average Bonchev–Trinajstić information content (AvgIpc) is 3.26. The Hall–Kier alpha value is -0.490. The van der Waals surface area contributed by atoms with Gasteiger partial charge in [-0.3, -0.25) is 9.80 Å². The number of ether oxygens (including phenoxy) is 1. The van der Waals surface area contributed by atoms with Crippen LogP contribution in [0.1, 0.15) is 49.1 Å². The van der Waals surface area contributed by atoms with E-state index in [9.17, 15) is 0 Å². The first-order valence-electron chi connectivity index (χ1n) is 9.58. The van der Waals surface area contributed by atoms with Gasteiger partial charge in [0.1, 0.15) is 0 Å². The molecule has 2 saturated heterocycles.